The second kappa shape index (κ2) is 9.30. The third kappa shape index (κ3) is 5.28. The number of aryl methyl sites for hydroxylation is 1. The minimum absolute atomic E-state index is 0.260. The predicted molar refractivity (Wildman–Crippen MR) is 126 cm³/mol. The Morgan fingerprint density at radius 1 is 1.09 bits per heavy atom. The first-order chi connectivity index (χ1) is 15.3. The van der Waals surface area contributed by atoms with Crippen LogP contribution in [0.4, 0.5) is 5.69 Å². The number of hydrogen-bond acceptors (Lipinski definition) is 6. The Bertz CT molecular complexity index is 1260. The van der Waals surface area contributed by atoms with Crippen molar-refractivity contribution in [1.29, 1.82) is 0 Å². The molecule has 1 N–H and O–H groups in total. The molecule has 1 saturated heterocycles. The molecule has 0 atom stereocenters. The third-order valence-electron chi connectivity index (χ3n) is 5.52. The summed E-state index contributed by atoms with van der Waals surface area (Å²) in [5, 5.41) is 0.339. The Labute approximate surface area is 187 Å². The van der Waals surface area contributed by atoms with Crippen LogP contribution in [0.3, 0.4) is 0 Å². The fourth-order valence-electron chi connectivity index (χ4n) is 4.05. The van der Waals surface area contributed by atoms with Crippen molar-refractivity contribution < 1.29 is 13.2 Å². The number of rotatable bonds is 8. The second-order valence-electron chi connectivity index (χ2n) is 8.15. The lowest BCUT2D eigenvalue weighted by Crippen LogP contribution is -2.22. The number of nitrogens with one attached hydrogen (secondary N) is 1. The summed E-state index contributed by atoms with van der Waals surface area (Å²) in [4.78, 5) is 20.2. The molecule has 9 heteroatoms. The van der Waals surface area contributed by atoms with Gasteiger partial charge in [0.1, 0.15) is 11.6 Å². The van der Waals surface area contributed by atoms with Crippen molar-refractivity contribution in [3.63, 3.8) is 0 Å². The molecular weight excluding hydrogens is 428 g/mol. The van der Waals surface area contributed by atoms with Crippen LogP contribution in [-0.4, -0.2) is 55.4 Å². The largest absolute Gasteiger partial charge is 0.494 e. The van der Waals surface area contributed by atoms with E-state index in [1.54, 1.807) is 19.1 Å². The minimum Gasteiger partial charge on any atom is -0.494 e. The molecular formula is C23H28N4O4S. The maximum absolute atomic E-state index is 13.2. The van der Waals surface area contributed by atoms with Gasteiger partial charge >= 0.3 is 0 Å². The van der Waals surface area contributed by atoms with Crippen LogP contribution in [0.1, 0.15) is 25.1 Å². The monoisotopic (exact) mass is 456 g/mol. The van der Waals surface area contributed by atoms with Crippen LogP contribution in [0.2, 0.25) is 0 Å². The summed E-state index contributed by atoms with van der Waals surface area (Å²) in [5.41, 5.74) is 1.25. The molecule has 1 aliphatic heterocycles. The smallest absolute Gasteiger partial charge is 0.266 e. The highest BCUT2D eigenvalue weighted by molar-refractivity contribution is 7.92. The van der Waals surface area contributed by atoms with Gasteiger partial charge in [0.2, 0.25) is 10.0 Å². The first-order valence-corrected chi connectivity index (χ1v) is 12.7. The average Bonchev–Trinajstić information content (AvgIpc) is 3.25. The van der Waals surface area contributed by atoms with Crippen LogP contribution in [0, 0.1) is 6.92 Å². The number of benzene rings is 2. The van der Waals surface area contributed by atoms with Gasteiger partial charge in [0.15, 0.2) is 0 Å². The molecule has 2 heterocycles. The van der Waals surface area contributed by atoms with Crippen LogP contribution < -0.4 is 15.0 Å². The molecule has 0 bridgehead atoms. The predicted octanol–water partition coefficient (Wildman–Crippen LogP) is 2.93. The number of ether oxygens (including phenoxy) is 1. The van der Waals surface area contributed by atoms with Gasteiger partial charge in [-0.3, -0.25) is 14.1 Å². The zero-order valence-corrected chi connectivity index (χ0v) is 19.2. The molecule has 4 rings (SSSR count). The lowest BCUT2D eigenvalue weighted by atomic mass is 10.2. The molecule has 0 amide bonds. The van der Waals surface area contributed by atoms with Gasteiger partial charge < -0.3 is 9.64 Å². The number of sulfonamides is 1. The average molecular weight is 457 g/mol. The van der Waals surface area contributed by atoms with Gasteiger partial charge in [0, 0.05) is 12.2 Å². The SMILES string of the molecule is Cc1nc2ccc(NS(C)(=O)=O)cc2c(=O)n1-c1ccc(OCCCN2CCCC2)cc1. The second-order valence-corrected chi connectivity index (χ2v) is 9.90. The summed E-state index contributed by atoms with van der Waals surface area (Å²) >= 11 is 0. The Hall–Kier alpha value is -2.91. The van der Waals surface area contributed by atoms with Crippen molar-refractivity contribution in [3.8, 4) is 11.4 Å². The summed E-state index contributed by atoms with van der Waals surface area (Å²) in [6.45, 7) is 5.86. The molecule has 0 spiro atoms. The summed E-state index contributed by atoms with van der Waals surface area (Å²) in [7, 11) is -3.44. The van der Waals surface area contributed by atoms with E-state index < -0.39 is 10.0 Å². The molecule has 0 saturated carbocycles. The van der Waals surface area contributed by atoms with E-state index in [-0.39, 0.29) is 5.56 Å². The number of aromatic nitrogens is 2. The van der Waals surface area contributed by atoms with Gasteiger partial charge in [-0.1, -0.05) is 0 Å². The topological polar surface area (TPSA) is 93.5 Å². The van der Waals surface area contributed by atoms with Gasteiger partial charge in [-0.05, 0) is 81.7 Å². The van der Waals surface area contributed by atoms with Crippen LogP contribution in [0.15, 0.2) is 47.3 Å². The first kappa shape index (κ1) is 22.3. The first-order valence-electron chi connectivity index (χ1n) is 10.8. The van der Waals surface area contributed by atoms with Crippen molar-refractivity contribution in [1.82, 2.24) is 14.5 Å². The number of nitrogens with zero attached hydrogens (tertiary/aromatic N) is 3. The van der Waals surface area contributed by atoms with E-state index in [0.717, 1.165) is 25.0 Å². The minimum atomic E-state index is -3.44. The maximum Gasteiger partial charge on any atom is 0.266 e. The Morgan fingerprint density at radius 2 is 1.81 bits per heavy atom. The van der Waals surface area contributed by atoms with E-state index in [4.69, 9.17) is 4.74 Å². The Kier molecular flexibility index (Phi) is 6.48. The molecule has 1 aromatic heterocycles. The Balaban J connectivity index is 1.52. The number of hydrogen-bond donors (Lipinski definition) is 1. The Morgan fingerprint density at radius 3 is 2.50 bits per heavy atom. The molecule has 1 fully saturated rings. The fraction of sp³-hybridized carbons (Fsp3) is 0.391. The highest BCUT2D eigenvalue weighted by atomic mass is 32.2. The van der Waals surface area contributed by atoms with E-state index >= 15 is 0 Å². The van der Waals surface area contributed by atoms with E-state index in [0.29, 0.717) is 34.7 Å². The van der Waals surface area contributed by atoms with Gasteiger partial charge in [0.05, 0.1) is 29.5 Å². The zero-order valence-electron chi connectivity index (χ0n) is 18.4. The van der Waals surface area contributed by atoms with Crippen LogP contribution in [0.5, 0.6) is 5.75 Å². The molecule has 0 aliphatic carbocycles. The van der Waals surface area contributed by atoms with Crippen molar-refractivity contribution in [2.24, 2.45) is 0 Å². The molecule has 32 heavy (non-hydrogen) atoms. The molecule has 170 valence electrons. The highest BCUT2D eigenvalue weighted by Gasteiger charge is 2.13. The lowest BCUT2D eigenvalue weighted by molar-refractivity contribution is 0.263. The molecule has 0 unspecified atom stereocenters. The van der Waals surface area contributed by atoms with Crippen molar-refractivity contribution >= 4 is 26.6 Å². The highest BCUT2D eigenvalue weighted by Crippen LogP contribution is 2.20. The summed E-state index contributed by atoms with van der Waals surface area (Å²) in [5.74, 6) is 1.31. The van der Waals surface area contributed by atoms with E-state index in [9.17, 15) is 13.2 Å². The van der Waals surface area contributed by atoms with Gasteiger partial charge in [-0.2, -0.15) is 0 Å². The van der Waals surface area contributed by atoms with Crippen LogP contribution >= 0.6 is 0 Å². The maximum atomic E-state index is 13.2. The quantitative estimate of drug-likeness (QED) is 0.524. The lowest BCUT2D eigenvalue weighted by Gasteiger charge is -2.15. The summed E-state index contributed by atoms with van der Waals surface area (Å²) < 4.78 is 32.8. The molecule has 1 aliphatic rings. The standard InChI is InChI=1S/C23H28N4O4S/c1-17-24-22-11-6-18(25-32(2,29)30)16-21(22)23(28)27(17)19-7-9-20(10-8-19)31-15-5-14-26-12-3-4-13-26/h6-11,16,25H,3-5,12-15H2,1-2H3. The molecule has 8 nitrogen and oxygen atoms in total. The van der Waals surface area contributed by atoms with Crippen LogP contribution in [-0.2, 0) is 10.0 Å². The number of likely N-dealkylation sites (tertiary alicyclic amines) is 1. The van der Waals surface area contributed by atoms with Crippen molar-refractivity contribution in [2.45, 2.75) is 26.2 Å². The third-order valence-corrected chi connectivity index (χ3v) is 6.13. The van der Waals surface area contributed by atoms with E-state index in [1.807, 2.05) is 24.3 Å². The molecule has 0 radical (unpaired) electrons. The molecule has 3 aromatic rings. The van der Waals surface area contributed by atoms with E-state index in [2.05, 4.69) is 14.6 Å². The van der Waals surface area contributed by atoms with Gasteiger partial charge in [0.25, 0.3) is 5.56 Å². The zero-order chi connectivity index (χ0) is 22.7. The van der Waals surface area contributed by atoms with Crippen LogP contribution in [0.25, 0.3) is 16.6 Å². The van der Waals surface area contributed by atoms with Gasteiger partial charge in [-0.15, -0.1) is 0 Å². The normalized spacial score (nSPS) is 14.7. The van der Waals surface area contributed by atoms with E-state index in [1.165, 1.54) is 36.6 Å². The summed E-state index contributed by atoms with van der Waals surface area (Å²) in [6.07, 6.45) is 4.64. The number of fused-ring (bicyclic) bond motifs is 1. The molecule has 2 aromatic carbocycles. The number of anilines is 1. The van der Waals surface area contributed by atoms with Crippen molar-refractivity contribution in [3.05, 3.63) is 58.6 Å². The van der Waals surface area contributed by atoms with Crippen molar-refractivity contribution in [2.75, 3.05) is 37.2 Å². The van der Waals surface area contributed by atoms with Gasteiger partial charge in [-0.25, -0.2) is 13.4 Å². The summed E-state index contributed by atoms with van der Waals surface area (Å²) in [6, 6.07) is 12.1. The fourth-order valence-corrected chi connectivity index (χ4v) is 4.61.